The molecular weight excluding hydrogens is 154 g/mol. The predicted octanol–water partition coefficient (Wildman–Crippen LogP) is 1.03. The fraction of sp³-hybridized carbons (Fsp3) is 0.333. The Morgan fingerprint density at radius 2 is 1.42 bits per heavy atom. The van der Waals surface area contributed by atoms with Crippen molar-refractivity contribution in [3.63, 3.8) is 0 Å². The first-order valence-corrected chi connectivity index (χ1v) is 3.89. The van der Waals surface area contributed by atoms with Gasteiger partial charge in [-0.1, -0.05) is 12.1 Å². The van der Waals surface area contributed by atoms with E-state index in [1.807, 2.05) is 24.3 Å². The molecule has 0 unspecified atom stereocenters. The average molecular weight is 167 g/mol. The molecule has 0 aromatic heterocycles. The van der Waals surface area contributed by atoms with Crippen molar-refractivity contribution in [3.05, 3.63) is 24.3 Å². The first kappa shape index (κ1) is 8.87. The Hall–Kier alpha value is -1.22. The molecule has 66 valence electrons. The van der Waals surface area contributed by atoms with Crippen LogP contribution in [0.25, 0.3) is 0 Å². The van der Waals surface area contributed by atoms with Gasteiger partial charge in [-0.25, -0.2) is 0 Å². The summed E-state index contributed by atoms with van der Waals surface area (Å²) in [5.41, 5.74) is 4.50. The van der Waals surface area contributed by atoms with E-state index in [4.69, 9.17) is 9.47 Å². The molecule has 0 radical (unpaired) electrons. The summed E-state index contributed by atoms with van der Waals surface area (Å²) in [5.74, 6) is 1.71. The van der Waals surface area contributed by atoms with Gasteiger partial charge in [0.25, 0.3) is 0 Å². The van der Waals surface area contributed by atoms with Gasteiger partial charge in [-0.05, 0) is 19.2 Å². The molecule has 1 aliphatic heterocycles. The molecule has 2 N–H and O–H groups in total. The van der Waals surface area contributed by atoms with Crippen molar-refractivity contribution in [1.82, 2.24) is 0 Å². The normalized spacial score (nSPS) is 12.8. The van der Waals surface area contributed by atoms with Crippen molar-refractivity contribution in [1.29, 1.82) is 0 Å². The molecule has 0 spiro atoms. The van der Waals surface area contributed by atoms with Gasteiger partial charge in [-0.3, -0.25) is 0 Å². The fourth-order valence-electron chi connectivity index (χ4n) is 0.992. The number of hydrogen-bond acceptors (Lipinski definition) is 3. The Kier molecular flexibility index (Phi) is 3.41. The van der Waals surface area contributed by atoms with Crippen LogP contribution in [-0.4, -0.2) is 20.3 Å². The maximum absolute atomic E-state index is 5.30. The molecule has 2 rings (SSSR count). The second kappa shape index (κ2) is 4.62. The molecule has 0 bridgehead atoms. The Balaban J connectivity index is 0.000000336. The highest BCUT2D eigenvalue weighted by atomic mass is 16.6. The van der Waals surface area contributed by atoms with Crippen LogP contribution in [0.2, 0.25) is 0 Å². The van der Waals surface area contributed by atoms with E-state index in [1.54, 1.807) is 0 Å². The molecule has 1 aliphatic rings. The lowest BCUT2D eigenvalue weighted by molar-refractivity contribution is 0.171. The summed E-state index contributed by atoms with van der Waals surface area (Å²) in [7, 11) is 1.50. The number of hydrogen-bond donors (Lipinski definition) is 1. The van der Waals surface area contributed by atoms with E-state index < -0.39 is 0 Å². The van der Waals surface area contributed by atoms with Gasteiger partial charge in [0.05, 0.1) is 0 Å². The van der Waals surface area contributed by atoms with E-state index in [9.17, 15) is 0 Å². The van der Waals surface area contributed by atoms with Crippen molar-refractivity contribution >= 4 is 0 Å². The van der Waals surface area contributed by atoms with Gasteiger partial charge in [0, 0.05) is 0 Å². The minimum Gasteiger partial charge on any atom is -0.486 e. The van der Waals surface area contributed by atoms with E-state index in [2.05, 4.69) is 5.73 Å². The number of fused-ring (bicyclic) bond motifs is 1. The number of ether oxygens (including phenoxy) is 2. The third kappa shape index (κ3) is 1.89. The van der Waals surface area contributed by atoms with E-state index in [0.717, 1.165) is 11.5 Å². The zero-order valence-electron chi connectivity index (χ0n) is 7.12. The Bertz CT molecular complexity index is 213. The van der Waals surface area contributed by atoms with Crippen LogP contribution in [0.15, 0.2) is 24.3 Å². The first-order chi connectivity index (χ1) is 5.97. The maximum Gasteiger partial charge on any atom is 0.161 e. The number of nitrogens with two attached hydrogens (primary N) is 1. The molecule has 0 fully saturated rings. The summed E-state index contributed by atoms with van der Waals surface area (Å²) in [4.78, 5) is 0. The molecular formula is C9H13NO2. The predicted molar refractivity (Wildman–Crippen MR) is 47.5 cm³/mol. The molecule has 0 aliphatic carbocycles. The smallest absolute Gasteiger partial charge is 0.161 e. The van der Waals surface area contributed by atoms with Gasteiger partial charge in [0.2, 0.25) is 0 Å². The van der Waals surface area contributed by atoms with E-state index >= 15 is 0 Å². The standard InChI is InChI=1S/C8H8O2.CH5N/c1-2-4-8-7(3-1)9-5-6-10-8;1-2/h1-4H,5-6H2;2H2,1H3. The molecule has 0 saturated heterocycles. The average Bonchev–Trinajstić information content (AvgIpc) is 2.21. The van der Waals surface area contributed by atoms with Crippen LogP contribution in [0.5, 0.6) is 11.5 Å². The lowest BCUT2D eigenvalue weighted by Crippen LogP contribution is -2.14. The Morgan fingerprint density at radius 1 is 1.00 bits per heavy atom. The van der Waals surface area contributed by atoms with E-state index in [0.29, 0.717) is 13.2 Å². The molecule has 12 heavy (non-hydrogen) atoms. The van der Waals surface area contributed by atoms with Gasteiger partial charge in [0.15, 0.2) is 11.5 Å². The minimum absolute atomic E-state index is 0.664. The van der Waals surface area contributed by atoms with Gasteiger partial charge in [-0.15, -0.1) is 0 Å². The maximum atomic E-state index is 5.30. The summed E-state index contributed by atoms with van der Waals surface area (Å²) in [6.07, 6.45) is 0. The molecule has 3 nitrogen and oxygen atoms in total. The zero-order chi connectivity index (χ0) is 8.81. The van der Waals surface area contributed by atoms with Gasteiger partial charge >= 0.3 is 0 Å². The monoisotopic (exact) mass is 167 g/mol. The summed E-state index contributed by atoms with van der Waals surface area (Å²) in [6.45, 7) is 1.33. The third-order valence-electron chi connectivity index (χ3n) is 1.45. The lowest BCUT2D eigenvalue weighted by Gasteiger charge is -2.17. The van der Waals surface area contributed by atoms with Crippen molar-refractivity contribution in [2.75, 3.05) is 20.3 Å². The van der Waals surface area contributed by atoms with Crippen LogP contribution in [0, 0.1) is 0 Å². The number of para-hydroxylation sites is 2. The fourth-order valence-corrected chi connectivity index (χ4v) is 0.992. The van der Waals surface area contributed by atoms with Gasteiger partial charge < -0.3 is 15.2 Å². The molecule has 0 amide bonds. The van der Waals surface area contributed by atoms with Crippen LogP contribution in [0.3, 0.4) is 0 Å². The number of rotatable bonds is 0. The Morgan fingerprint density at radius 3 is 1.83 bits per heavy atom. The van der Waals surface area contributed by atoms with Gasteiger partial charge in [-0.2, -0.15) is 0 Å². The SMILES string of the molecule is CN.c1ccc2c(c1)OCCO2. The molecule has 3 heteroatoms. The van der Waals surface area contributed by atoms with Gasteiger partial charge in [0.1, 0.15) is 13.2 Å². The van der Waals surface area contributed by atoms with Crippen LogP contribution in [-0.2, 0) is 0 Å². The lowest BCUT2D eigenvalue weighted by atomic mass is 10.3. The van der Waals surface area contributed by atoms with Crippen molar-refractivity contribution in [3.8, 4) is 11.5 Å². The largest absolute Gasteiger partial charge is 0.486 e. The first-order valence-electron chi connectivity index (χ1n) is 3.89. The third-order valence-corrected chi connectivity index (χ3v) is 1.45. The summed E-state index contributed by atoms with van der Waals surface area (Å²) in [6, 6.07) is 7.70. The highest BCUT2D eigenvalue weighted by molar-refractivity contribution is 5.40. The highest BCUT2D eigenvalue weighted by Crippen LogP contribution is 2.28. The zero-order valence-corrected chi connectivity index (χ0v) is 7.12. The molecule has 0 atom stereocenters. The van der Waals surface area contributed by atoms with Crippen LogP contribution < -0.4 is 15.2 Å². The highest BCUT2D eigenvalue weighted by Gasteiger charge is 2.07. The second-order valence-electron chi connectivity index (χ2n) is 2.14. The van der Waals surface area contributed by atoms with Crippen LogP contribution >= 0.6 is 0 Å². The minimum atomic E-state index is 0.664. The second-order valence-corrected chi connectivity index (χ2v) is 2.14. The summed E-state index contributed by atoms with van der Waals surface area (Å²) >= 11 is 0. The van der Waals surface area contributed by atoms with Crippen LogP contribution in [0.4, 0.5) is 0 Å². The van der Waals surface area contributed by atoms with Crippen LogP contribution in [0.1, 0.15) is 0 Å². The summed E-state index contributed by atoms with van der Waals surface area (Å²) < 4.78 is 10.6. The molecule has 1 aromatic rings. The van der Waals surface area contributed by atoms with Crippen molar-refractivity contribution in [2.24, 2.45) is 5.73 Å². The topological polar surface area (TPSA) is 44.5 Å². The Labute approximate surface area is 72.1 Å². The molecule has 1 aromatic carbocycles. The molecule has 1 heterocycles. The van der Waals surface area contributed by atoms with Crippen molar-refractivity contribution < 1.29 is 9.47 Å². The van der Waals surface area contributed by atoms with E-state index in [-0.39, 0.29) is 0 Å². The van der Waals surface area contributed by atoms with E-state index in [1.165, 1.54) is 7.05 Å². The molecule has 0 saturated carbocycles. The van der Waals surface area contributed by atoms with Crippen molar-refractivity contribution in [2.45, 2.75) is 0 Å². The summed E-state index contributed by atoms with van der Waals surface area (Å²) in [5, 5.41) is 0. The quantitative estimate of drug-likeness (QED) is 0.627. The number of benzene rings is 1.